The van der Waals surface area contributed by atoms with Gasteiger partial charge in [-0.25, -0.2) is 14.5 Å². The van der Waals surface area contributed by atoms with Crippen LogP contribution in [-0.4, -0.2) is 69.3 Å². The molecular weight excluding hydrogens is 354 g/mol. The zero-order valence-electron chi connectivity index (χ0n) is 15.9. The lowest BCUT2D eigenvalue weighted by Gasteiger charge is -2.28. The summed E-state index contributed by atoms with van der Waals surface area (Å²) in [4.78, 5) is 25.2. The molecule has 25 heavy (non-hydrogen) atoms. The van der Waals surface area contributed by atoms with Crippen molar-refractivity contribution < 1.29 is 36.4 Å². The number of carbonyl (C=O) groups is 2. The summed E-state index contributed by atoms with van der Waals surface area (Å²) in [5.74, 6) is 0. The van der Waals surface area contributed by atoms with Crippen LogP contribution in [0.5, 0.6) is 0 Å². The molecule has 2 amide bonds. The molecule has 0 aromatic heterocycles. The number of nitrogens with zero attached hydrogens (tertiary/aromatic N) is 1. The summed E-state index contributed by atoms with van der Waals surface area (Å²) in [5, 5.41) is 0. The van der Waals surface area contributed by atoms with Gasteiger partial charge in [0.05, 0.1) is 32.6 Å². The molecule has 0 saturated carbocycles. The highest BCUT2D eigenvalue weighted by atomic mass is 32.2. The van der Waals surface area contributed by atoms with Crippen molar-refractivity contribution in [2.75, 3.05) is 32.6 Å². The molecule has 0 bridgehead atoms. The Bertz CT molecular complexity index is 517. The second-order valence-corrected chi connectivity index (χ2v) is 8.89. The van der Waals surface area contributed by atoms with E-state index in [4.69, 9.17) is 14.2 Å². The van der Waals surface area contributed by atoms with Gasteiger partial charge in [-0.05, 0) is 41.5 Å². The molecule has 0 atom stereocenters. The number of ether oxygens (including phenoxy) is 3. The minimum absolute atomic E-state index is 0.0104. The summed E-state index contributed by atoms with van der Waals surface area (Å²) >= 11 is 0. The standard InChI is InChI=1S/C15H29NO8S/c1-14(2,3)23-12(17)16(13(18)24-15(4,5)6)8-9-21-10-11-22-25(7,19)20/h8-11H2,1-7H3. The lowest BCUT2D eigenvalue weighted by Crippen LogP contribution is -2.45. The van der Waals surface area contributed by atoms with E-state index in [1.165, 1.54) is 0 Å². The minimum atomic E-state index is -3.53. The third-order valence-corrected chi connectivity index (χ3v) is 2.81. The third-order valence-electron chi connectivity index (χ3n) is 2.21. The normalized spacial score (nSPS) is 12.6. The monoisotopic (exact) mass is 383 g/mol. The van der Waals surface area contributed by atoms with Crippen LogP contribution in [0.15, 0.2) is 0 Å². The van der Waals surface area contributed by atoms with Gasteiger partial charge in [0.15, 0.2) is 0 Å². The molecule has 148 valence electrons. The first-order chi connectivity index (χ1) is 11.1. The largest absolute Gasteiger partial charge is 0.443 e. The number of carbonyl (C=O) groups excluding carboxylic acids is 2. The van der Waals surface area contributed by atoms with E-state index in [0.29, 0.717) is 0 Å². The Balaban J connectivity index is 4.64. The van der Waals surface area contributed by atoms with Crippen molar-refractivity contribution in [3.63, 3.8) is 0 Å². The Labute approximate surface area is 149 Å². The third kappa shape index (κ3) is 13.6. The fourth-order valence-electron chi connectivity index (χ4n) is 1.39. The van der Waals surface area contributed by atoms with Crippen molar-refractivity contribution in [3.05, 3.63) is 0 Å². The Morgan fingerprint density at radius 2 is 1.28 bits per heavy atom. The summed E-state index contributed by atoms with van der Waals surface area (Å²) in [6.07, 6.45) is -0.768. The van der Waals surface area contributed by atoms with E-state index < -0.39 is 33.5 Å². The summed E-state index contributed by atoms with van der Waals surface area (Å²) < 4.78 is 41.7. The van der Waals surface area contributed by atoms with Crippen molar-refractivity contribution in [2.45, 2.75) is 52.7 Å². The molecule has 0 aliphatic heterocycles. The summed E-state index contributed by atoms with van der Waals surface area (Å²) in [5.41, 5.74) is -1.55. The maximum Gasteiger partial charge on any atom is 0.419 e. The van der Waals surface area contributed by atoms with Gasteiger partial charge in [0.1, 0.15) is 11.2 Å². The van der Waals surface area contributed by atoms with E-state index >= 15 is 0 Å². The van der Waals surface area contributed by atoms with Crippen LogP contribution >= 0.6 is 0 Å². The molecule has 0 radical (unpaired) electrons. The van der Waals surface area contributed by atoms with Crippen molar-refractivity contribution >= 4 is 22.3 Å². The molecule has 0 aromatic carbocycles. The number of hydrogen-bond donors (Lipinski definition) is 0. The Hall–Kier alpha value is -1.39. The van der Waals surface area contributed by atoms with Crippen molar-refractivity contribution in [1.29, 1.82) is 0 Å². The van der Waals surface area contributed by atoms with E-state index in [0.717, 1.165) is 11.2 Å². The predicted octanol–water partition coefficient (Wildman–Crippen LogP) is 2.15. The molecular formula is C15H29NO8S. The van der Waals surface area contributed by atoms with Gasteiger partial charge < -0.3 is 14.2 Å². The lowest BCUT2D eigenvalue weighted by molar-refractivity contribution is -0.00539. The van der Waals surface area contributed by atoms with Gasteiger partial charge in [-0.1, -0.05) is 0 Å². The highest BCUT2D eigenvalue weighted by Gasteiger charge is 2.30. The lowest BCUT2D eigenvalue weighted by atomic mass is 10.2. The number of hydrogen-bond acceptors (Lipinski definition) is 8. The average Bonchev–Trinajstić information content (AvgIpc) is 2.31. The van der Waals surface area contributed by atoms with Gasteiger partial charge in [-0.3, -0.25) is 4.18 Å². The van der Waals surface area contributed by atoms with Crippen LogP contribution in [0.3, 0.4) is 0 Å². The van der Waals surface area contributed by atoms with Crippen LogP contribution < -0.4 is 0 Å². The maximum absolute atomic E-state index is 12.2. The topological polar surface area (TPSA) is 108 Å². The number of amides is 2. The van der Waals surface area contributed by atoms with E-state index in [-0.39, 0.29) is 26.4 Å². The van der Waals surface area contributed by atoms with Crippen LogP contribution in [0, 0.1) is 0 Å². The molecule has 0 aliphatic rings. The van der Waals surface area contributed by atoms with Crippen LogP contribution in [0.2, 0.25) is 0 Å². The van der Waals surface area contributed by atoms with Gasteiger partial charge in [0, 0.05) is 0 Å². The van der Waals surface area contributed by atoms with Gasteiger partial charge in [0.25, 0.3) is 10.1 Å². The molecule has 9 nitrogen and oxygen atoms in total. The second kappa shape index (κ2) is 9.35. The second-order valence-electron chi connectivity index (χ2n) is 7.25. The quantitative estimate of drug-likeness (QED) is 0.486. The van der Waals surface area contributed by atoms with Gasteiger partial charge in [-0.15, -0.1) is 0 Å². The first-order valence-corrected chi connectivity index (χ1v) is 9.58. The van der Waals surface area contributed by atoms with E-state index in [9.17, 15) is 18.0 Å². The molecule has 0 aliphatic carbocycles. The van der Waals surface area contributed by atoms with E-state index in [1.54, 1.807) is 41.5 Å². The zero-order chi connectivity index (χ0) is 19.9. The van der Waals surface area contributed by atoms with Crippen molar-refractivity contribution in [1.82, 2.24) is 4.90 Å². The Morgan fingerprint density at radius 3 is 1.64 bits per heavy atom. The highest BCUT2D eigenvalue weighted by Crippen LogP contribution is 2.14. The molecule has 0 heterocycles. The Kier molecular flexibility index (Phi) is 8.83. The zero-order valence-corrected chi connectivity index (χ0v) is 16.8. The highest BCUT2D eigenvalue weighted by molar-refractivity contribution is 7.85. The van der Waals surface area contributed by atoms with E-state index in [1.807, 2.05) is 0 Å². The van der Waals surface area contributed by atoms with Crippen LogP contribution in [0.4, 0.5) is 9.59 Å². The van der Waals surface area contributed by atoms with Crippen molar-refractivity contribution in [2.24, 2.45) is 0 Å². The smallest absolute Gasteiger partial charge is 0.419 e. The summed E-state index contributed by atoms with van der Waals surface area (Å²) in [6, 6.07) is 0. The fourth-order valence-corrected chi connectivity index (χ4v) is 1.76. The fraction of sp³-hybridized carbons (Fsp3) is 0.867. The number of imide groups is 1. The van der Waals surface area contributed by atoms with Crippen LogP contribution in [0.1, 0.15) is 41.5 Å². The predicted molar refractivity (Wildman–Crippen MR) is 90.8 cm³/mol. The molecule has 0 saturated heterocycles. The van der Waals surface area contributed by atoms with Gasteiger partial charge in [0.2, 0.25) is 0 Å². The first-order valence-electron chi connectivity index (χ1n) is 7.76. The molecule has 10 heteroatoms. The maximum atomic E-state index is 12.2. The molecule has 0 fully saturated rings. The van der Waals surface area contributed by atoms with Crippen LogP contribution in [0.25, 0.3) is 0 Å². The molecule has 0 aromatic rings. The molecule has 0 unspecified atom stereocenters. The summed E-state index contributed by atoms with van der Waals surface area (Å²) in [7, 11) is -3.53. The van der Waals surface area contributed by atoms with E-state index in [2.05, 4.69) is 4.18 Å². The first kappa shape index (κ1) is 23.6. The SMILES string of the molecule is CC(C)(C)OC(=O)N(CCOCCOS(C)(=O)=O)C(=O)OC(C)(C)C. The average molecular weight is 383 g/mol. The van der Waals surface area contributed by atoms with Gasteiger partial charge in [-0.2, -0.15) is 8.42 Å². The van der Waals surface area contributed by atoms with Gasteiger partial charge >= 0.3 is 12.2 Å². The summed E-state index contributed by atoms with van der Waals surface area (Å²) in [6.45, 7) is 9.77. The van der Waals surface area contributed by atoms with Crippen molar-refractivity contribution in [3.8, 4) is 0 Å². The molecule has 0 rings (SSSR count). The molecule has 0 N–H and O–H groups in total. The minimum Gasteiger partial charge on any atom is -0.443 e. The molecule has 0 spiro atoms. The van der Waals surface area contributed by atoms with Crippen LogP contribution in [-0.2, 0) is 28.5 Å². The Morgan fingerprint density at radius 1 is 0.840 bits per heavy atom. The number of rotatable bonds is 7.